The molecule has 0 radical (unpaired) electrons. The first-order valence-electron chi connectivity index (χ1n) is 7.47. The third kappa shape index (κ3) is 5.42. The molecule has 0 aromatic carbocycles. The van der Waals surface area contributed by atoms with Crippen LogP contribution in [0.2, 0.25) is 0 Å². The van der Waals surface area contributed by atoms with Crippen LogP contribution in [-0.4, -0.2) is 61.1 Å². The largest absolute Gasteiger partial charge is 0.379 e. The summed E-state index contributed by atoms with van der Waals surface area (Å²) in [6, 6.07) is 3.20. The summed E-state index contributed by atoms with van der Waals surface area (Å²) in [6.07, 6.45) is 2.41. The predicted molar refractivity (Wildman–Crippen MR) is 82.7 cm³/mol. The Kier molecular flexibility index (Phi) is 6.29. The van der Waals surface area contributed by atoms with Gasteiger partial charge in [-0.3, -0.25) is 14.5 Å². The summed E-state index contributed by atoms with van der Waals surface area (Å²) in [5.74, 6) is 0.0139. The van der Waals surface area contributed by atoms with Gasteiger partial charge in [-0.25, -0.2) is 4.98 Å². The van der Waals surface area contributed by atoms with Gasteiger partial charge < -0.3 is 15.4 Å². The molecular weight excluding hydrogens is 284 g/mol. The molecule has 1 aromatic rings. The van der Waals surface area contributed by atoms with E-state index in [1.54, 1.807) is 12.1 Å². The van der Waals surface area contributed by atoms with Crippen LogP contribution in [0, 0.1) is 0 Å². The van der Waals surface area contributed by atoms with Crippen molar-refractivity contribution < 1.29 is 14.3 Å². The molecule has 7 nitrogen and oxygen atoms in total. The van der Waals surface area contributed by atoms with Crippen LogP contribution in [0.15, 0.2) is 18.3 Å². The average Bonchev–Trinajstić information content (AvgIpc) is 2.52. The first kappa shape index (κ1) is 16.4. The van der Waals surface area contributed by atoms with E-state index in [0.717, 1.165) is 39.3 Å². The third-order valence-electron chi connectivity index (χ3n) is 3.37. The average molecular weight is 306 g/mol. The lowest BCUT2D eigenvalue weighted by Crippen LogP contribution is -2.38. The van der Waals surface area contributed by atoms with Gasteiger partial charge in [-0.15, -0.1) is 0 Å². The maximum atomic E-state index is 12.0. The van der Waals surface area contributed by atoms with Crippen molar-refractivity contribution in [3.63, 3.8) is 0 Å². The molecule has 2 N–H and O–H groups in total. The Hall–Kier alpha value is -1.99. The quantitative estimate of drug-likeness (QED) is 0.748. The molecule has 0 saturated carbocycles. The van der Waals surface area contributed by atoms with E-state index in [4.69, 9.17) is 4.74 Å². The molecule has 1 fully saturated rings. The smallest absolute Gasteiger partial charge is 0.251 e. The van der Waals surface area contributed by atoms with Crippen molar-refractivity contribution in [3.8, 4) is 0 Å². The summed E-state index contributed by atoms with van der Waals surface area (Å²) in [6.45, 7) is 6.46. The minimum Gasteiger partial charge on any atom is -0.379 e. The monoisotopic (exact) mass is 306 g/mol. The molecular formula is C15H22N4O3. The SMILES string of the molecule is CC(=O)Nc1cc(C(=O)NCCCN2CCOCC2)ccn1. The highest BCUT2D eigenvalue weighted by atomic mass is 16.5. The second-order valence-electron chi connectivity index (χ2n) is 5.17. The standard InChI is InChI=1S/C15H22N4O3/c1-12(20)18-14-11-13(3-5-16-14)15(21)17-4-2-6-19-7-9-22-10-8-19/h3,5,11H,2,4,6-10H2,1H3,(H,17,21)(H,16,18,20). The van der Waals surface area contributed by atoms with Crippen LogP contribution in [0.3, 0.4) is 0 Å². The number of carbonyl (C=O) groups excluding carboxylic acids is 2. The van der Waals surface area contributed by atoms with Crippen LogP contribution in [0.5, 0.6) is 0 Å². The first-order valence-corrected chi connectivity index (χ1v) is 7.47. The Morgan fingerprint density at radius 1 is 1.36 bits per heavy atom. The van der Waals surface area contributed by atoms with E-state index in [-0.39, 0.29) is 11.8 Å². The lowest BCUT2D eigenvalue weighted by atomic mass is 10.2. The third-order valence-corrected chi connectivity index (χ3v) is 3.37. The molecule has 0 bridgehead atoms. The highest BCUT2D eigenvalue weighted by Gasteiger charge is 2.10. The number of morpholine rings is 1. The van der Waals surface area contributed by atoms with Crippen LogP contribution < -0.4 is 10.6 Å². The molecule has 0 unspecified atom stereocenters. The fourth-order valence-electron chi connectivity index (χ4n) is 2.25. The molecule has 7 heteroatoms. The normalized spacial score (nSPS) is 15.3. The summed E-state index contributed by atoms with van der Waals surface area (Å²) < 4.78 is 5.29. The van der Waals surface area contributed by atoms with Crippen LogP contribution >= 0.6 is 0 Å². The number of amides is 2. The van der Waals surface area contributed by atoms with E-state index in [2.05, 4.69) is 20.5 Å². The molecule has 1 aliphatic heterocycles. The van der Waals surface area contributed by atoms with Gasteiger partial charge in [-0.1, -0.05) is 0 Å². The molecule has 2 amide bonds. The van der Waals surface area contributed by atoms with Crippen LogP contribution in [0.25, 0.3) is 0 Å². The molecule has 1 aromatic heterocycles. The van der Waals surface area contributed by atoms with E-state index in [9.17, 15) is 9.59 Å². The number of hydrogen-bond acceptors (Lipinski definition) is 5. The number of pyridine rings is 1. The zero-order chi connectivity index (χ0) is 15.8. The van der Waals surface area contributed by atoms with Crippen molar-refractivity contribution in [1.82, 2.24) is 15.2 Å². The molecule has 22 heavy (non-hydrogen) atoms. The highest BCUT2D eigenvalue weighted by molar-refractivity contribution is 5.96. The van der Waals surface area contributed by atoms with Crippen LogP contribution in [-0.2, 0) is 9.53 Å². The first-order chi connectivity index (χ1) is 10.6. The van der Waals surface area contributed by atoms with Crippen molar-refractivity contribution in [2.75, 3.05) is 44.7 Å². The van der Waals surface area contributed by atoms with Gasteiger partial charge in [-0.2, -0.15) is 0 Å². The van der Waals surface area contributed by atoms with E-state index in [0.29, 0.717) is 17.9 Å². The minimum atomic E-state index is -0.212. The van der Waals surface area contributed by atoms with Gasteiger partial charge in [0.05, 0.1) is 13.2 Å². The summed E-state index contributed by atoms with van der Waals surface area (Å²) in [7, 11) is 0. The van der Waals surface area contributed by atoms with E-state index >= 15 is 0 Å². The fourth-order valence-corrected chi connectivity index (χ4v) is 2.25. The Morgan fingerprint density at radius 2 is 2.14 bits per heavy atom. The molecule has 0 atom stereocenters. The van der Waals surface area contributed by atoms with Crippen molar-refractivity contribution >= 4 is 17.6 Å². The lowest BCUT2D eigenvalue weighted by Gasteiger charge is -2.26. The van der Waals surface area contributed by atoms with E-state index < -0.39 is 0 Å². The van der Waals surface area contributed by atoms with Gasteiger partial charge >= 0.3 is 0 Å². The van der Waals surface area contributed by atoms with Gasteiger partial charge in [0, 0.05) is 38.3 Å². The second kappa shape index (κ2) is 8.45. The Morgan fingerprint density at radius 3 is 2.86 bits per heavy atom. The molecule has 2 rings (SSSR count). The molecule has 1 saturated heterocycles. The van der Waals surface area contributed by atoms with Crippen molar-refractivity contribution in [3.05, 3.63) is 23.9 Å². The molecule has 0 spiro atoms. The van der Waals surface area contributed by atoms with Crippen LogP contribution in [0.1, 0.15) is 23.7 Å². The Labute approximate surface area is 130 Å². The number of carbonyl (C=O) groups is 2. The summed E-state index contributed by atoms with van der Waals surface area (Å²) in [5, 5.41) is 5.44. The van der Waals surface area contributed by atoms with Crippen molar-refractivity contribution in [1.29, 1.82) is 0 Å². The molecule has 1 aliphatic rings. The Bertz CT molecular complexity index is 515. The Balaban J connectivity index is 1.73. The minimum absolute atomic E-state index is 0.157. The van der Waals surface area contributed by atoms with Gasteiger partial charge in [0.25, 0.3) is 5.91 Å². The fraction of sp³-hybridized carbons (Fsp3) is 0.533. The maximum absolute atomic E-state index is 12.0. The summed E-state index contributed by atoms with van der Waals surface area (Å²) in [4.78, 5) is 29.4. The number of nitrogens with zero attached hydrogens (tertiary/aromatic N) is 2. The number of aromatic nitrogens is 1. The van der Waals surface area contributed by atoms with Gasteiger partial charge in [-0.05, 0) is 25.1 Å². The zero-order valence-electron chi connectivity index (χ0n) is 12.8. The van der Waals surface area contributed by atoms with E-state index in [1.165, 1.54) is 13.1 Å². The van der Waals surface area contributed by atoms with Crippen molar-refractivity contribution in [2.45, 2.75) is 13.3 Å². The van der Waals surface area contributed by atoms with Crippen molar-refractivity contribution in [2.24, 2.45) is 0 Å². The lowest BCUT2D eigenvalue weighted by molar-refractivity contribution is -0.114. The van der Waals surface area contributed by atoms with E-state index in [1.807, 2.05) is 0 Å². The highest BCUT2D eigenvalue weighted by Crippen LogP contribution is 2.06. The van der Waals surface area contributed by atoms with Gasteiger partial charge in [0.15, 0.2) is 0 Å². The second-order valence-corrected chi connectivity index (χ2v) is 5.17. The summed E-state index contributed by atoms with van der Waals surface area (Å²) in [5.41, 5.74) is 0.491. The zero-order valence-corrected chi connectivity index (χ0v) is 12.8. The topological polar surface area (TPSA) is 83.6 Å². The number of ether oxygens (including phenoxy) is 1. The molecule has 2 heterocycles. The number of hydrogen-bond donors (Lipinski definition) is 2. The summed E-state index contributed by atoms with van der Waals surface area (Å²) >= 11 is 0. The maximum Gasteiger partial charge on any atom is 0.251 e. The van der Waals surface area contributed by atoms with Gasteiger partial charge in [0.2, 0.25) is 5.91 Å². The number of anilines is 1. The molecule has 0 aliphatic carbocycles. The predicted octanol–water partition coefficient (Wildman–Crippen LogP) is 0.492. The van der Waals surface area contributed by atoms with Gasteiger partial charge in [0.1, 0.15) is 5.82 Å². The number of nitrogens with one attached hydrogen (secondary N) is 2. The number of rotatable bonds is 6. The van der Waals surface area contributed by atoms with Crippen LogP contribution in [0.4, 0.5) is 5.82 Å². The molecule has 120 valence electrons.